The monoisotopic (exact) mass is 653 g/mol. The van der Waals surface area contributed by atoms with Crippen LogP contribution >= 0.6 is 11.8 Å². The molecular formula is C40H35N3O4S. The molecule has 1 heterocycles. The molecule has 2 N–H and O–H groups in total. The van der Waals surface area contributed by atoms with Gasteiger partial charge in [-0.25, -0.2) is 0 Å². The summed E-state index contributed by atoms with van der Waals surface area (Å²) in [6.45, 7) is 4.35. The molecule has 1 atom stereocenters. The number of benzene rings is 5. The van der Waals surface area contributed by atoms with Crippen molar-refractivity contribution in [2.24, 2.45) is 0 Å². The van der Waals surface area contributed by atoms with E-state index in [1.807, 2.05) is 109 Å². The van der Waals surface area contributed by atoms with Crippen LogP contribution in [-0.2, 0) is 4.79 Å². The number of aromatic nitrogens is 1. The van der Waals surface area contributed by atoms with Crippen LogP contribution in [0.5, 0.6) is 5.75 Å². The summed E-state index contributed by atoms with van der Waals surface area (Å²) in [5.41, 5.74) is 3.49. The zero-order chi connectivity index (χ0) is 33.5. The predicted molar refractivity (Wildman–Crippen MR) is 195 cm³/mol. The number of hydrogen-bond acceptors (Lipinski definition) is 5. The number of nitrogens with one attached hydrogen (secondary N) is 2. The Morgan fingerprint density at radius 1 is 0.750 bits per heavy atom. The van der Waals surface area contributed by atoms with Gasteiger partial charge < -0.3 is 15.4 Å². The van der Waals surface area contributed by atoms with E-state index in [2.05, 4.69) is 10.6 Å². The first-order valence-corrected chi connectivity index (χ1v) is 16.7. The molecule has 0 fully saturated rings. The lowest BCUT2D eigenvalue weighted by Crippen LogP contribution is -2.30. The van der Waals surface area contributed by atoms with Gasteiger partial charge in [0.2, 0.25) is 5.91 Å². The van der Waals surface area contributed by atoms with E-state index in [0.29, 0.717) is 35.6 Å². The smallest absolute Gasteiger partial charge is 0.272 e. The predicted octanol–water partition coefficient (Wildman–Crippen LogP) is 8.81. The maximum Gasteiger partial charge on any atom is 0.272 e. The summed E-state index contributed by atoms with van der Waals surface area (Å²) in [6, 6.07) is 39.4. The summed E-state index contributed by atoms with van der Waals surface area (Å²) in [6.07, 6.45) is 2.25. The molecule has 1 unspecified atom stereocenters. The number of carbonyl (C=O) groups excluding carboxylic acids is 3. The molecular weight excluding hydrogens is 619 g/mol. The van der Waals surface area contributed by atoms with Crippen LogP contribution in [0.3, 0.4) is 0 Å². The number of carbonyl (C=O) groups is 3. The fraction of sp³-hybridized carbons (Fsp3) is 0.125. The molecule has 0 spiro atoms. The quantitative estimate of drug-likeness (QED) is 0.108. The van der Waals surface area contributed by atoms with Gasteiger partial charge in [-0.05, 0) is 74.0 Å². The van der Waals surface area contributed by atoms with Crippen molar-refractivity contribution >= 4 is 63.1 Å². The molecule has 0 aliphatic heterocycles. The topological polar surface area (TPSA) is 89.4 Å². The Balaban J connectivity index is 1.21. The molecule has 6 aromatic rings. The minimum absolute atomic E-state index is 0.0218. The minimum Gasteiger partial charge on any atom is -0.493 e. The molecule has 6 rings (SSSR count). The standard InChI is InChI=1S/C40H35N3O4S/c1-3-37(40(46)43-34-19-11-9-17-31(34)32-18-10-12-20-35(32)43)48-30-24-22-29(23-25-30)41-39(45)33(42-38(44)27-14-6-5-7-15-27)26-28-16-8-13-21-36(28)47-4-2/h5-26,37H,3-4H2,1-2H3,(H,41,45)(H,42,44)/b33-26-. The average Bonchev–Trinajstić information content (AvgIpc) is 3.46. The van der Waals surface area contributed by atoms with Gasteiger partial charge in [0.15, 0.2) is 0 Å². The summed E-state index contributed by atoms with van der Waals surface area (Å²) < 4.78 is 7.58. The van der Waals surface area contributed by atoms with Crippen molar-refractivity contribution in [2.75, 3.05) is 11.9 Å². The number of rotatable bonds is 11. The van der Waals surface area contributed by atoms with E-state index in [4.69, 9.17) is 4.74 Å². The number of thioether (sulfide) groups is 1. The molecule has 8 heteroatoms. The molecule has 0 aliphatic rings. The normalized spacial score (nSPS) is 12.1. The Bertz CT molecular complexity index is 2070. The van der Waals surface area contributed by atoms with Gasteiger partial charge in [0.25, 0.3) is 11.8 Å². The summed E-state index contributed by atoms with van der Waals surface area (Å²) >= 11 is 1.49. The molecule has 5 aromatic carbocycles. The maximum absolute atomic E-state index is 14.0. The second kappa shape index (κ2) is 14.9. The van der Waals surface area contributed by atoms with Crippen LogP contribution in [0.4, 0.5) is 5.69 Å². The lowest BCUT2D eigenvalue weighted by molar-refractivity contribution is -0.113. The molecule has 240 valence electrons. The van der Waals surface area contributed by atoms with Crippen molar-refractivity contribution in [3.63, 3.8) is 0 Å². The van der Waals surface area contributed by atoms with Gasteiger partial charge in [0, 0.05) is 32.5 Å². The maximum atomic E-state index is 14.0. The molecule has 0 saturated carbocycles. The van der Waals surface area contributed by atoms with E-state index in [1.54, 1.807) is 42.5 Å². The van der Waals surface area contributed by atoms with E-state index in [0.717, 1.165) is 26.7 Å². The highest BCUT2D eigenvalue weighted by Crippen LogP contribution is 2.33. The second-order valence-corrected chi connectivity index (χ2v) is 12.3. The van der Waals surface area contributed by atoms with Gasteiger partial charge in [-0.2, -0.15) is 0 Å². The molecule has 48 heavy (non-hydrogen) atoms. The van der Waals surface area contributed by atoms with Gasteiger partial charge in [-0.15, -0.1) is 11.8 Å². The van der Waals surface area contributed by atoms with Crippen LogP contribution in [0.2, 0.25) is 0 Å². The van der Waals surface area contributed by atoms with E-state index >= 15 is 0 Å². The third kappa shape index (κ3) is 7.04. The first-order valence-electron chi connectivity index (χ1n) is 15.9. The zero-order valence-electron chi connectivity index (χ0n) is 26.7. The van der Waals surface area contributed by atoms with Crippen molar-refractivity contribution in [3.05, 3.63) is 144 Å². The van der Waals surface area contributed by atoms with Crippen LogP contribution in [0.25, 0.3) is 27.9 Å². The third-order valence-electron chi connectivity index (χ3n) is 7.88. The first kappa shape index (κ1) is 32.3. The number of ether oxygens (including phenoxy) is 1. The fourth-order valence-corrected chi connectivity index (χ4v) is 6.57. The molecule has 0 radical (unpaired) electrons. The van der Waals surface area contributed by atoms with E-state index < -0.39 is 11.8 Å². The van der Waals surface area contributed by atoms with Crippen LogP contribution in [0, 0.1) is 0 Å². The van der Waals surface area contributed by atoms with Gasteiger partial charge in [0.05, 0.1) is 22.9 Å². The Kier molecular flexibility index (Phi) is 10.0. The number of anilines is 1. The summed E-state index contributed by atoms with van der Waals surface area (Å²) in [4.78, 5) is 41.6. The number of fused-ring (bicyclic) bond motifs is 3. The lowest BCUT2D eigenvalue weighted by Gasteiger charge is -2.16. The van der Waals surface area contributed by atoms with Crippen LogP contribution in [0.15, 0.2) is 138 Å². The molecule has 1 aromatic heterocycles. The van der Waals surface area contributed by atoms with Crippen molar-refractivity contribution in [2.45, 2.75) is 30.4 Å². The third-order valence-corrected chi connectivity index (χ3v) is 9.25. The fourth-order valence-electron chi connectivity index (χ4n) is 5.58. The highest BCUT2D eigenvalue weighted by atomic mass is 32.2. The molecule has 0 saturated heterocycles. The van der Waals surface area contributed by atoms with Crippen molar-refractivity contribution in [3.8, 4) is 5.75 Å². The van der Waals surface area contributed by atoms with Gasteiger partial charge in [-0.3, -0.25) is 19.0 Å². The Labute approximate surface area is 283 Å². The summed E-state index contributed by atoms with van der Waals surface area (Å²) in [7, 11) is 0. The van der Waals surface area contributed by atoms with Crippen LogP contribution in [-0.4, -0.2) is 34.1 Å². The van der Waals surface area contributed by atoms with Crippen molar-refractivity contribution < 1.29 is 19.1 Å². The lowest BCUT2D eigenvalue weighted by atomic mass is 10.1. The number of hydrogen-bond donors (Lipinski definition) is 2. The SMILES string of the molecule is CCOc1ccccc1/C=C(\NC(=O)c1ccccc1)C(=O)Nc1ccc(SC(CC)C(=O)n2c3ccccc3c3ccccc32)cc1. The Hall–Kier alpha value is -5.60. The van der Waals surface area contributed by atoms with Gasteiger partial charge in [0.1, 0.15) is 11.4 Å². The number of nitrogens with zero attached hydrogens (tertiary/aromatic N) is 1. The molecule has 2 amide bonds. The highest BCUT2D eigenvalue weighted by Gasteiger charge is 2.24. The second-order valence-electron chi connectivity index (χ2n) is 11.1. The van der Waals surface area contributed by atoms with Crippen LogP contribution < -0.4 is 15.4 Å². The zero-order valence-corrected chi connectivity index (χ0v) is 27.5. The number of amides is 2. The largest absolute Gasteiger partial charge is 0.493 e. The summed E-state index contributed by atoms with van der Waals surface area (Å²) in [5.74, 6) is -0.273. The van der Waals surface area contributed by atoms with Gasteiger partial charge >= 0.3 is 0 Å². The van der Waals surface area contributed by atoms with E-state index in [1.165, 1.54) is 11.8 Å². The van der Waals surface area contributed by atoms with E-state index in [9.17, 15) is 14.4 Å². The van der Waals surface area contributed by atoms with Crippen molar-refractivity contribution in [1.29, 1.82) is 0 Å². The van der Waals surface area contributed by atoms with Crippen LogP contribution in [0.1, 0.15) is 41.0 Å². The molecule has 7 nitrogen and oxygen atoms in total. The average molecular weight is 654 g/mol. The number of para-hydroxylation sites is 3. The van der Waals surface area contributed by atoms with Gasteiger partial charge in [-0.1, -0.05) is 79.7 Å². The summed E-state index contributed by atoms with van der Waals surface area (Å²) in [5, 5.41) is 7.47. The first-order chi connectivity index (χ1) is 23.5. The Morgan fingerprint density at radius 3 is 2.00 bits per heavy atom. The highest BCUT2D eigenvalue weighted by molar-refractivity contribution is 8.00. The van der Waals surface area contributed by atoms with E-state index in [-0.39, 0.29) is 16.9 Å². The molecule has 0 bridgehead atoms. The minimum atomic E-state index is -0.487. The molecule has 0 aliphatic carbocycles. The Morgan fingerprint density at radius 2 is 1.35 bits per heavy atom. The van der Waals surface area contributed by atoms with Crippen molar-refractivity contribution in [1.82, 2.24) is 9.88 Å².